The van der Waals surface area contributed by atoms with E-state index >= 15 is 0 Å². The van der Waals surface area contributed by atoms with Crippen LogP contribution in [0, 0.1) is 0 Å². The highest BCUT2D eigenvalue weighted by Crippen LogP contribution is 2.48. The van der Waals surface area contributed by atoms with E-state index in [9.17, 15) is 5.11 Å². The molecule has 8 nitrogen and oxygen atoms in total. The molecule has 8 heteroatoms. The van der Waals surface area contributed by atoms with Crippen molar-refractivity contribution >= 4 is 22.4 Å². The van der Waals surface area contributed by atoms with Crippen molar-refractivity contribution in [2.45, 2.75) is 70.4 Å². The molecule has 0 aromatic carbocycles. The molecule has 3 aromatic rings. The predicted octanol–water partition coefficient (Wildman–Crippen LogP) is 3.84. The summed E-state index contributed by atoms with van der Waals surface area (Å²) >= 11 is 0. The molecule has 3 N–H and O–H groups in total. The van der Waals surface area contributed by atoms with Crippen molar-refractivity contribution < 1.29 is 9.63 Å². The smallest absolute Gasteiger partial charge is 0.164 e. The minimum atomic E-state index is -0.662. The van der Waals surface area contributed by atoms with Gasteiger partial charge in [0, 0.05) is 12.0 Å². The van der Waals surface area contributed by atoms with Gasteiger partial charge < -0.3 is 15.4 Å². The molecule has 2 aliphatic rings. The Morgan fingerprint density at radius 3 is 2.72 bits per heavy atom. The summed E-state index contributed by atoms with van der Waals surface area (Å²) in [4.78, 5) is 8.62. The van der Waals surface area contributed by atoms with E-state index < -0.39 is 5.60 Å². The quantitative estimate of drug-likeness (QED) is 0.690. The minimum absolute atomic E-state index is 0.114. The van der Waals surface area contributed by atoms with E-state index in [2.05, 4.69) is 35.0 Å². The molecule has 0 bridgehead atoms. The molecule has 1 fully saturated rings. The number of allylic oxidation sites excluding steroid dienone is 1. The normalized spacial score (nSPS) is 22.4. The Balaban J connectivity index is 1.73. The largest absolute Gasteiger partial charge is 0.390 e. The number of nitrogens with two attached hydrogens (primary N) is 1. The first-order valence-corrected chi connectivity index (χ1v) is 10.3. The van der Waals surface area contributed by atoms with Crippen LogP contribution in [0.4, 0.5) is 5.82 Å². The number of aliphatic hydroxyl groups is 1. The van der Waals surface area contributed by atoms with E-state index in [1.54, 1.807) is 0 Å². The van der Waals surface area contributed by atoms with E-state index in [0.717, 1.165) is 36.2 Å². The molecule has 0 amide bonds. The van der Waals surface area contributed by atoms with Crippen molar-refractivity contribution in [2.75, 3.05) is 5.73 Å². The lowest BCUT2D eigenvalue weighted by Gasteiger charge is -2.27. The molecule has 2 aliphatic carbocycles. The summed E-state index contributed by atoms with van der Waals surface area (Å²) < 4.78 is 7.71. The number of nitrogens with zero attached hydrogens (tertiary/aromatic N) is 5. The lowest BCUT2D eigenvalue weighted by molar-refractivity contribution is 0.0523. The molecule has 0 spiro atoms. The first kappa shape index (κ1) is 18.3. The second-order valence-electron chi connectivity index (χ2n) is 8.82. The zero-order chi connectivity index (χ0) is 20.3. The molecular formula is C21H26N6O2. The molecule has 5 rings (SSSR count). The second-order valence-corrected chi connectivity index (χ2v) is 8.82. The lowest BCUT2D eigenvalue weighted by atomic mass is 9.83. The monoisotopic (exact) mass is 394 g/mol. The van der Waals surface area contributed by atoms with Crippen molar-refractivity contribution in [3.8, 4) is 11.4 Å². The molecule has 1 unspecified atom stereocenters. The van der Waals surface area contributed by atoms with Crippen LogP contribution in [-0.4, -0.2) is 35.6 Å². The van der Waals surface area contributed by atoms with Crippen LogP contribution in [0.2, 0.25) is 0 Å². The van der Waals surface area contributed by atoms with Gasteiger partial charge in [0.2, 0.25) is 0 Å². The summed E-state index contributed by atoms with van der Waals surface area (Å²) in [6, 6.07) is 0.114. The Morgan fingerprint density at radius 2 is 2.07 bits per heavy atom. The van der Waals surface area contributed by atoms with Crippen LogP contribution in [-0.2, 0) is 0 Å². The predicted molar refractivity (Wildman–Crippen MR) is 110 cm³/mol. The number of aromatic nitrogens is 5. The van der Waals surface area contributed by atoms with Gasteiger partial charge in [-0.2, -0.15) is 5.10 Å². The summed E-state index contributed by atoms with van der Waals surface area (Å²) in [5, 5.41) is 20.4. The summed E-state index contributed by atoms with van der Waals surface area (Å²) in [5.41, 5.74) is 9.82. The number of hydrogen-bond donors (Lipinski definition) is 2. The third kappa shape index (κ3) is 3.02. The number of nitrogen functional groups attached to an aromatic ring is 1. The topological polar surface area (TPSA) is 116 Å². The number of fused-ring (bicyclic) bond motifs is 1. The van der Waals surface area contributed by atoms with Crippen LogP contribution in [0.15, 0.2) is 16.9 Å². The van der Waals surface area contributed by atoms with E-state index in [1.807, 2.05) is 11.6 Å². The van der Waals surface area contributed by atoms with Crippen LogP contribution in [0.25, 0.3) is 28.0 Å². The van der Waals surface area contributed by atoms with Gasteiger partial charge in [-0.3, -0.25) is 0 Å². The maximum Gasteiger partial charge on any atom is 0.164 e. The van der Waals surface area contributed by atoms with Crippen LogP contribution < -0.4 is 5.73 Å². The lowest BCUT2D eigenvalue weighted by Crippen LogP contribution is -2.25. The van der Waals surface area contributed by atoms with Crippen LogP contribution in [0.3, 0.4) is 0 Å². The fraction of sp³-hybridized carbons (Fsp3) is 0.524. The molecule has 1 atom stereocenters. The zero-order valence-electron chi connectivity index (χ0n) is 17.0. The van der Waals surface area contributed by atoms with Gasteiger partial charge in [0.25, 0.3) is 0 Å². The highest BCUT2D eigenvalue weighted by Gasteiger charge is 2.37. The van der Waals surface area contributed by atoms with Crippen molar-refractivity contribution in [2.24, 2.45) is 0 Å². The Morgan fingerprint density at radius 1 is 1.28 bits per heavy atom. The number of hydrogen-bond acceptors (Lipinski definition) is 7. The summed E-state index contributed by atoms with van der Waals surface area (Å²) in [6.45, 7) is 5.99. The van der Waals surface area contributed by atoms with Gasteiger partial charge in [0.05, 0.1) is 16.6 Å². The van der Waals surface area contributed by atoms with Gasteiger partial charge in [-0.05, 0) is 58.4 Å². The Bertz CT molecular complexity index is 1120. The minimum Gasteiger partial charge on any atom is -0.390 e. The zero-order valence-corrected chi connectivity index (χ0v) is 17.0. The maximum atomic E-state index is 10.4. The molecule has 0 radical (unpaired) electrons. The van der Waals surface area contributed by atoms with E-state index in [-0.39, 0.29) is 6.04 Å². The Kier molecular flexibility index (Phi) is 4.03. The third-order valence-corrected chi connectivity index (χ3v) is 5.94. The first-order valence-electron chi connectivity index (χ1n) is 10.3. The number of anilines is 1. The molecule has 152 valence electrons. The fourth-order valence-corrected chi connectivity index (χ4v) is 4.10. The summed E-state index contributed by atoms with van der Waals surface area (Å²) in [7, 11) is 0. The van der Waals surface area contributed by atoms with Gasteiger partial charge in [-0.15, -0.1) is 0 Å². The molecular weight excluding hydrogens is 368 g/mol. The molecule has 0 aliphatic heterocycles. The van der Waals surface area contributed by atoms with E-state index in [0.29, 0.717) is 47.0 Å². The first-order chi connectivity index (χ1) is 13.9. The van der Waals surface area contributed by atoms with Crippen LogP contribution in [0.5, 0.6) is 0 Å². The summed E-state index contributed by atoms with van der Waals surface area (Å²) in [6.07, 6.45) is 7.90. The maximum absolute atomic E-state index is 10.4. The SMILES string of the molecule is CC(C)n1nc(-c2noc(C3CC3)c2C2=CCC(C)(O)CC2)c2c(N)ncnc21. The number of rotatable bonds is 4. The van der Waals surface area contributed by atoms with E-state index in [1.165, 1.54) is 6.33 Å². The van der Waals surface area contributed by atoms with E-state index in [4.69, 9.17) is 15.4 Å². The van der Waals surface area contributed by atoms with Crippen LogP contribution >= 0.6 is 0 Å². The molecule has 3 aromatic heterocycles. The highest BCUT2D eigenvalue weighted by molar-refractivity contribution is 5.99. The van der Waals surface area contributed by atoms with Gasteiger partial charge in [0.15, 0.2) is 5.65 Å². The highest BCUT2D eigenvalue weighted by atomic mass is 16.5. The molecule has 3 heterocycles. The van der Waals surface area contributed by atoms with Crippen LogP contribution in [0.1, 0.15) is 76.2 Å². The fourth-order valence-electron chi connectivity index (χ4n) is 4.10. The van der Waals surface area contributed by atoms with Crippen molar-refractivity contribution in [3.05, 3.63) is 23.7 Å². The molecule has 0 saturated heterocycles. The van der Waals surface area contributed by atoms with Gasteiger partial charge >= 0.3 is 0 Å². The van der Waals surface area contributed by atoms with Crippen molar-refractivity contribution in [3.63, 3.8) is 0 Å². The van der Waals surface area contributed by atoms with Gasteiger partial charge in [-0.25, -0.2) is 14.6 Å². The Labute approximate surface area is 168 Å². The average molecular weight is 394 g/mol. The Hall–Kier alpha value is -2.74. The van der Waals surface area contributed by atoms with Crippen molar-refractivity contribution in [1.29, 1.82) is 0 Å². The standard InChI is InChI=1S/C21H26N6O2/c1-11(2)27-20-15(19(22)23-10-24-20)16(25-27)17-14(18(29-26-17)13-4-5-13)12-6-8-21(3,28)9-7-12/h6,10-11,13,28H,4-5,7-9H2,1-3H3,(H2,22,23,24). The third-order valence-electron chi connectivity index (χ3n) is 5.94. The molecule has 29 heavy (non-hydrogen) atoms. The van der Waals surface area contributed by atoms with Gasteiger partial charge in [-0.1, -0.05) is 11.2 Å². The van der Waals surface area contributed by atoms with Gasteiger partial charge in [0.1, 0.15) is 29.3 Å². The second kappa shape index (κ2) is 6.38. The average Bonchev–Trinajstić information content (AvgIpc) is 3.29. The molecule has 1 saturated carbocycles. The van der Waals surface area contributed by atoms with Crippen molar-refractivity contribution in [1.82, 2.24) is 24.9 Å². The summed E-state index contributed by atoms with van der Waals surface area (Å²) in [5.74, 6) is 1.72.